The van der Waals surface area contributed by atoms with E-state index in [0.717, 1.165) is 0 Å². The van der Waals surface area contributed by atoms with Crippen molar-refractivity contribution in [3.05, 3.63) is 80.9 Å². The summed E-state index contributed by atoms with van der Waals surface area (Å²) in [6.45, 7) is 9.01. The Kier molecular flexibility index (Phi) is 3.72. The Balaban J connectivity index is 1.57. The minimum absolute atomic E-state index is 0.599. The number of fused-ring (bicyclic) bond motifs is 2. The number of hydrogen-bond acceptors (Lipinski definition) is 0. The van der Waals surface area contributed by atoms with E-state index in [9.17, 15) is 0 Å². The van der Waals surface area contributed by atoms with Gasteiger partial charge in [0.25, 0.3) is 0 Å². The summed E-state index contributed by atoms with van der Waals surface area (Å²) >= 11 is 0. The SMILES string of the molecule is CC1=Cc2ccc(C)cc2C1CCC1C(C)=Cc2ccc(C)cc21. The molecule has 122 valence electrons. The molecule has 2 aliphatic carbocycles. The summed E-state index contributed by atoms with van der Waals surface area (Å²) < 4.78 is 0. The van der Waals surface area contributed by atoms with Gasteiger partial charge in [-0.2, -0.15) is 0 Å². The second-order valence-electron chi connectivity index (χ2n) is 7.72. The first kappa shape index (κ1) is 15.4. The van der Waals surface area contributed by atoms with E-state index in [1.54, 1.807) is 0 Å². The van der Waals surface area contributed by atoms with Gasteiger partial charge in [0.2, 0.25) is 0 Å². The van der Waals surface area contributed by atoms with Crippen molar-refractivity contribution in [2.75, 3.05) is 0 Å². The molecular formula is C24H26. The molecule has 0 amide bonds. The molecule has 0 bridgehead atoms. The lowest BCUT2D eigenvalue weighted by Gasteiger charge is -2.20. The first-order valence-corrected chi connectivity index (χ1v) is 9.10. The third-order valence-corrected chi connectivity index (χ3v) is 5.85. The molecule has 0 heterocycles. The minimum Gasteiger partial charge on any atom is -0.0652 e. The van der Waals surface area contributed by atoms with Crippen LogP contribution in [0.1, 0.15) is 71.9 Å². The van der Waals surface area contributed by atoms with E-state index < -0.39 is 0 Å². The van der Waals surface area contributed by atoms with Crippen molar-refractivity contribution in [1.29, 1.82) is 0 Å². The highest BCUT2D eigenvalue weighted by molar-refractivity contribution is 5.68. The third kappa shape index (κ3) is 2.55. The predicted molar refractivity (Wildman–Crippen MR) is 104 cm³/mol. The number of aryl methyl sites for hydroxylation is 2. The summed E-state index contributed by atoms with van der Waals surface area (Å²) in [5.41, 5.74) is 11.7. The molecule has 0 saturated heterocycles. The quantitative estimate of drug-likeness (QED) is 0.585. The molecule has 0 nitrogen and oxygen atoms in total. The van der Waals surface area contributed by atoms with Gasteiger partial charge in [0.15, 0.2) is 0 Å². The zero-order valence-electron chi connectivity index (χ0n) is 15.2. The van der Waals surface area contributed by atoms with Gasteiger partial charge < -0.3 is 0 Å². The molecular weight excluding hydrogens is 288 g/mol. The minimum atomic E-state index is 0.599. The van der Waals surface area contributed by atoms with Crippen LogP contribution in [0.25, 0.3) is 12.2 Å². The first-order chi connectivity index (χ1) is 11.5. The number of rotatable bonds is 3. The van der Waals surface area contributed by atoms with Crippen LogP contribution in [-0.4, -0.2) is 0 Å². The molecule has 2 unspecified atom stereocenters. The van der Waals surface area contributed by atoms with Crippen molar-refractivity contribution in [3.63, 3.8) is 0 Å². The Hall–Kier alpha value is -2.08. The van der Waals surface area contributed by atoms with Gasteiger partial charge in [-0.05, 0) is 62.8 Å². The summed E-state index contributed by atoms with van der Waals surface area (Å²) in [5, 5.41) is 0. The molecule has 4 rings (SSSR count). The number of allylic oxidation sites excluding steroid dienone is 2. The maximum Gasteiger partial charge on any atom is 0.00550 e. The van der Waals surface area contributed by atoms with Gasteiger partial charge in [0.05, 0.1) is 0 Å². The van der Waals surface area contributed by atoms with Crippen LogP contribution in [0.15, 0.2) is 47.5 Å². The Morgan fingerprint density at radius 3 is 1.46 bits per heavy atom. The van der Waals surface area contributed by atoms with Gasteiger partial charge in [-0.25, -0.2) is 0 Å². The molecule has 2 aromatic rings. The second kappa shape index (κ2) is 5.77. The fourth-order valence-electron chi connectivity index (χ4n) is 4.54. The van der Waals surface area contributed by atoms with Gasteiger partial charge in [0, 0.05) is 11.8 Å². The molecule has 2 aromatic carbocycles. The number of benzene rings is 2. The summed E-state index contributed by atoms with van der Waals surface area (Å²) in [4.78, 5) is 0. The van der Waals surface area contributed by atoms with Crippen LogP contribution in [0.3, 0.4) is 0 Å². The van der Waals surface area contributed by atoms with Crippen LogP contribution in [0, 0.1) is 13.8 Å². The standard InChI is InChI=1S/C24H26/c1-15-5-7-19-13-17(3)21(23(19)11-15)9-10-22-18(4)14-20-8-6-16(2)12-24(20)22/h5-8,11-14,21-22H,9-10H2,1-4H3. The van der Waals surface area contributed by atoms with Gasteiger partial charge in [-0.15, -0.1) is 0 Å². The van der Waals surface area contributed by atoms with Gasteiger partial charge >= 0.3 is 0 Å². The van der Waals surface area contributed by atoms with E-state index in [0.29, 0.717) is 11.8 Å². The topological polar surface area (TPSA) is 0 Å². The van der Waals surface area contributed by atoms with E-state index in [2.05, 4.69) is 76.2 Å². The summed E-state index contributed by atoms with van der Waals surface area (Å²) in [5.74, 6) is 1.20. The highest BCUT2D eigenvalue weighted by Crippen LogP contribution is 2.45. The number of hydrogen-bond donors (Lipinski definition) is 0. The van der Waals surface area contributed by atoms with Crippen LogP contribution in [0.4, 0.5) is 0 Å². The second-order valence-corrected chi connectivity index (χ2v) is 7.72. The molecule has 0 spiro atoms. The third-order valence-electron chi connectivity index (χ3n) is 5.85. The van der Waals surface area contributed by atoms with E-state index >= 15 is 0 Å². The van der Waals surface area contributed by atoms with E-state index in [1.807, 2.05) is 0 Å². The molecule has 2 atom stereocenters. The average Bonchev–Trinajstić information content (AvgIpc) is 3.01. The molecule has 0 aliphatic heterocycles. The molecule has 0 aromatic heterocycles. The predicted octanol–water partition coefficient (Wildman–Crippen LogP) is 6.78. The van der Waals surface area contributed by atoms with E-state index in [1.165, 1.54) is 57.4 Å². The Morgan fingerprint density at radius 1 is 0.625 bits per heavy atom. The summed E-state index contributed by atoms with van der Waals surface area (Å²) in [6, 6.07) is 13.8. The van der Waals surface area contributed by atoms with Crippen molar-refractivity contribution in [1.82, 2.24) is 0 Å². The summed E-state index contributed by atoms with van der Waals surface area (Å²) in [7, 11) is 0. The fourth-order valence-corrected chi connectivity index (χ4v) is 4.54. The lowest BCUT2D eigenvalue weighted by Crippen LogP contribution is -2.03. The molecule has 0 N–H and O–H groups in total. The summed E-state index contributed by atoms with van der Waals surface area (Å²) in [6.07, 6.45) is 7.24. The zero-order chi connectivity index (χ0) is 16.8. The zero-order valence-corrected chi connectivity index (χ0v) is 15.2. The fraction of sp³-hybridized carbons (Fsp3) is 0.333. The molecule has 0 fully saturated rings. The van der Waals surface area contributed by atoms with Gasteiger partial charge in [0.1, 0.15) is 0 Å². The smallest absolute Gasteiger partial charge is 0.00550 e. The van der Waals surface area contributed by atoms with Gasteiger partial charge in [-0.1, -0.05) is 70.8 Å². The Labute approximate surface area is 145 Å². The Morgan fingerprint density at radius 2 is 1.04 bits per heavy atom. The lowest BCUT2D eigenvalue weighted by atomic mass is 9.84. The van der Waals surface area contributed by atoms with Crippen molar-refractivity contribution in [2.45, 2.75) is 52.4 Å². The average molecular weight is 314 g/mol. The molecule has 0 saturated carbocycles. The molecule has 0 heteroatoms. The van der Waals surface area contributed by atoms with Crippen LogP contribution in [0.5, 0.6) is 0 Å². The van der Waals surface area contributed by atoms with Crippen molar-refractivity contribution in [2.24, 2.45) is 0 Å². The van der Waals surface area contributed by atoms with Crippen molar-refractivity contribution >= 4 is 12.2 Å². The normalized spacial score (nSPS) is 21.3. The lowest BCUT2D eigenvalue weighted by molar-refractivity contribution is 0.611. The molecule has 24 heavy (non-hydrogen) atoms. The molecule has 0 radical (unpaired) electrons. The van der Waals surface area contributed by atoms with Crippen LogP contribution in [0.2, 0.25) is 0 Å². The van der Waals surface area contributed by atoms with Crippen LogP contribution >= 0.6 is 0 Å². The maximum atomic E-state index is 2.39. The van der Waals surface area contributed by atoms with Crippen molar-refractivity contribution in [3.8, 4) is 0 Å². The Bertz CT molecular complexity index is 790. The van der Waals surface area contributed by atoms with Crippen LogP contribution < -0.4 is 0 Å². The van der Waals surface area contributed by atoms with E-state index in [4.69, 9.17) is 0 Å². The van der Waals surface area contributed by atoms with E-state index in [-0.39, 0.29) is 0 Å². The van der Waals surface area contributed by atoms with Crippen molar-refractivity contribution < 1.29 is 0 Å². The van der Waals surface area contributed by atoms with Crippen LogP contribution in [-0.2, 0) is 0 Å². The van der Waals surface area contributed by atoms with Gasteiger partial charge in [-0.3, -0.25) is 0 Å². The highest BCUT2D eigenvalue weighted by Gasteiger charge is 2.27. The monoisotopic (exact) mass is 314 g/mol. The molecule has 2 aliphatic rings. The maximum absolute atomic E-state index is 2.39. The largest absolute Gasteiger partial charge is 0.0652 e. The highest BCUT2D eigenvalue weighted by atomic mass is 14.3. The first-order valence-electron chi connectivity index (χ1n) is 9.10.